The summed E-state index contributed by atoms with van der Waals surface area (Å²) in [5.74, 6) is -0.556. The molecule has 0 aromatic carbocycles. The number of carbonyl (C=O) groups is 1. The molecule has 0 spiro atoms. The van der Waals surface area contributed by atoms with Crippen molar-refractivity contribution in [3.8, 4) is 0 Å². The number of aryl methyl sites for hydroxylation is 1. The summed E-state index contributed by atoms with van der Waals surface area (Å²) in [5.41, 5.74) is 0.615. The zero-order valence-corrected chi connectivity index (χ0v) is 9.24. The van der Waals surface area contributed by atoms with Crippen LogP contribution < -0.4 is 5.43 Å². The van der Waals surface area contributed by atoms with Crippen LogP contribution in [0.4, 0.5) is 0 Å². The van der Waals surface area contributed by atoms with E-state index in [1.54, 1.807) is 6.20 Å². The van der Waals surface area contributed by atoms with Crippen molar-refractivity contribution < 1.29 is 9.53 Å². The van der Waals surface area contributed by atoms with Gasteiger partial charge in [0.25, 0.3) is 0 Å². The highest BCUT2D eigenvalue weighted by atomic mass is 16.5. The Morgan fingerprint density at radius 1 is 1.47 bits per heavy atom. The molecule has 0 saturated heterocycles. The second-order valence-electron chi connectivity index (χ2n) is 3.13. The van der Waals surface area contributed by atoms with Crippen LogP contribution in [0.25, 0.3) is 0 Å². The van der Waals surface area contributed by atoms with E-state index in [0.29, 0.717) is 6.42 Å². The molecule has 1 rings (SSSR count). The summed E-state index contributed by atoms with van der Waals surface area (Å²) in [4.78, 5) is 23.0. The number of carbonyl (C=O) groups excluding carboxylic acids is 1. The lowest BCUT2D eigenvalue weighted by atomic mass is 10.1. The van der Waals surface area contributed by atoms with Gasteiger partial charge in [-0.2, -0.15) is 0 Å². The van der Waals surface area contributed by atoms with Crippen LogP contribution in [-0.4, -0.2) is 17.6 Å². The quantitative estimate of drug-likeness (QED) is 0.703. The lowest BCUT2D eigenvalue weighted by Gasteiger charge is -2.12. The Hall–Kier alpha value is -1.58. The van der Waals surface area contributed by atoms with Crippen molar-refractivity contribution in [1.82, 2.24) is 4.57 Å². The van der Waals surface area contributed by atoms with Gasteiger partial charge in [0.15, 0.2) is 5.43 Å². The number of pyridine rings is 1. The molecule has 1 aromatic heterocycles. The molecule has 0 aliphatic carbocycles. The SMILES string of the molecule is CCc1c(C(=O)OC)c(=O)ccn1CC. The highest BCUT2D eigenvalue weighted by molar-refractivity contribution is 5.90. The van der Waals surface area contributed by atoms with E-state index in [9.17, 15) is 9.59 Å². The van der Waals surface area contributed by atoms with Crippen LogP contribution in [0.15, 0.2) is 17.1 Å². The van der Waals surface area contributed by atoms with Crippen molar-refractivity contribution in [2.75, 3.05) is 7.11 Å². The van der Waals surface area contributed by atoms with Gasteiger partial charge in [-0.1, -0.05) is 6.92 Å². The Morgan fingerprint density at radius 2 is 2.13 bits per heavy atom. The van der Waals surface area contributed by atoms with Crippen molar-refractivity contribution in [3.63, 3.8) is 0 Å². The molecule has 0 saturated carbocycles. The number of aromatic nitrogens is 1. The van der Waals surface area contributed by atoms with Crippen molar-refractivity contribution in [1.29, 1.82) is 0 Å². The van der Waals surface area contributed by atoms with E-state index in [2.05, 4.69) is 4.74 Å². The van der Waals surface area contributed by atoms with Crippen LogP contribution in [0.1, 0.15) is 29.9 Å². The van der Waals surface area contributed by atoms with Gasteiger partial charge in [0.2, 0.25) is 0 Å². The van der Waals surface area contributed by atoms with E-state index >= 15 is 0 Å². The topological polar surface area (TPSA) is 48.3 Å². The number of hydrogen-bond acceptors (Lipinski definition) is 3. The molecule has 1 heterocycles. The number of rotatable bonds is 3. The molecule has 0 bridgehead atoms. The third-order valence-electron chi connectivity index (χ3n) is 2.35. The van der Waals surface area contributed by atoms with Crippen molar-refractivity contribution in [2.45, 2.75) is 26.8 Å². The average molecular weight is 209 g/mol. The van der Waals surface area contributed by atoms with Crippen molar-refractivity contribution in [3.05, 3.63) is 33.7 Å². The van der Waals surface area contributed by atoms with Crippen LogP contribution in [0.5, 0.6) is 0 Å². The lowest BCUT2D eigenvalue weighted by molar-refractivity contribution is 0.0596. The summed E-state index contributed by atoms with van der Waals surface area (Å²) in [6, 6.07) is 1.40. The number of hydrogen-bond donors (Lipinski definition) is 0. The second-order valence-corrected chi connectivity index (χ2v) is 3.13. The summed E-state index contributed by atoms with van der Waals surface area (Å²) >= 11 is 0. The normalized spacial score (nSPS) is 10.1. The monoisotopic (exact) mass is 209 g/mol. The Balaban J connectivity index is 3.45. The van der Waals surface area contributed by atoms with Gasteiger partial charge >= 0.3 is 5.97 Å². The zero-order valence-electron chi connectivity index (χ0n) is 9.24. The van der Waals surface area contributed by atoms with Gasteiger partial charge in [0.1, 0.15) is 5.56 Å². The van der Waals surface area contributed by atoms with Crippen molar-refractivity contribution >= 4 is 5.97 Å². The summed E-state index contributed by atoms with van der Waals surface area (Å²) in [7, 11) is 1.28. The largest absolute Gasteiger partial charge is 0.465 e. The molecular weight excluding hydrogens is 194 g/mol. The third-order valence-corrected chi connectivity index (χ3v) is 2.35. The summed E-state index contributed by atoms with van der Waals surface area (Å²) in [6.45, 7) is 4.60. The Labute approximate surface area is 88.5 Å². The minimum absolute atomic E-state index is 0.157. The van der Waals surface area contributed by atoms with Crippen LogP contribution >= 0.6 is 0 Å². The van der Waals surface area contributed by atoms with Gasteiger partial charge in [-0.3, -0.25) is 4.79 Å². The molecule has 15 heavy (non-hydrogen) atoms. The molecule has 0 N–H and O–H groups in total. The first kappa shape index (κ1) is 11.5. The van der Waals surface area contributed by atoms with E-state index in [-0.39, 0.29) is 11.0 Å². The Bertz CT molecular complexity index is 420. The smallest absolute Gasteiger partial charge is 0.343 e. The molecule has 0 unspecified atom stereocenters. The third kappa shape index (κ3) is 2.09. The zero-order chi connectivity index (χ0) is 11.4. The first-order chi connectivity index (χ1) is 7.15. The molecule has 0 atom stereocenters. The molecule has 4 heteroatoms. The van der Waals surface area contributed by atoms with Crippen LogP contribution in [0.3, 0.4) is 0 Å². The molecule has 82 valence electrons. The number of esters is 1. The fourth-order valence-corrected chi connectivity index (χ4v) is 1.61. The van der Waals surface area contributed by atoms with Gasteiger partial charge in [0.05, 0.1) is 7.11 Å². The van der Waals surface area contributed by atoms with Crippen molar-refractivity contribution in [2.24, 2.45) is 0 Å². The summed E-state index contributed by atoms with van der Waals surface area (Å²) in [6.07, 6.45) is 2.34. The highest BCUT2D eigenvalue weighted by Crippen LogP contribution is 2.07. The van der Waals surface area contributed by atoms with E-state index in [4.69, 9.17) is 0 Å². The molecule has 4 nitrogen and oxygen atoms in total. The van der Waals surface area contributed by atoms with E-state index in [1.165, 1.54) is 13.2 Å². The molecular formula is C11H15NO3. The number of ether oxygens (including phenoxy) is 1. The van der Waals surface area contributed by atoms with Crippen LogP contribution in [-0.2, 0) is 17.7 Å². The van der Waals surface area contributed by atoms with E-state index < -0.39 is 5.97 Å². The number of methoxy groups -OCH3 is 1. The maximum Gasteiger partial charge on any atom is 0.343 e. The Kier molecular flexibility index (Phi) is 3.66. The van der Waals surface area contributed by atoms with Gasteiger partial charge in [0, 0.05) is 24.5 Å². The van der Waals surface area contributed by atoms with Gasteiger partial charge < -0.3 is 9.30 Å². The average Bonchev–Trinajstić information content (AvgIpc) is 2.27. The first-order valence-electron chi connectivity index (χ1n) is 4.96. The molecule has 0 radical (unpaired) electrons. The Morgan fingerprint density at radius 3 is 2.60 bits per heavy atom. The first-order valence-corrected chi connectivity index (χ1v) is 4.96. The van der Waals surface area contributed by atoms with E-state index in [1.807, 2.05) is 18.4 Å². The maximum absolute atomic E-state index is 11.6. The molecule has 0 aliphatic rings. The highest BCUT2D eigenvalue weighted by Gasteiger charge is 2.16. The standard InChI is InChI=1S/C11H15NO3/c1-4-8-10(11(14)15-3)9(13)6-7-12(8)5-2/h6-7H,4-5H2,1-3H3. The molecule has 1 aromatic rings. The predicted octanol–water partition coefficient (Wildman–Crippen LogP) is 1.22. The van der Waals surface area contributed by atoms with E-state index in [0.717, 1.165) is 12.2 Å². The van der Waals surface area contributed by atoms with Gasteiger partial charge in [-0.05, 0) is 13.3 Å². The second kappa shape index (κ2) is 4.77. The molecule has 0 amide bonds. The van der Waals surface area contributed by atoms with Crippen LogP contribution in [0.2, 0.25) is 0 Å². The fraction of sp³-hybridized carbons (Fsp3) is 0.455. The summed E-state index contributed by atoms with van der Waals surface area (Å²) in [5, 5.41) is 0. The predicted molar refractivity (Wildman–Crippen MR) is 57.1 cm³/mol. The van der Waals surface area contributed by atoms with Gasteiger partial charge in [-0.25, -0.2) is 4.79 Å². The van der Waals surface area contributed by atoms with Gasteiger partial charge in [-0.15, -0.1) is 0 Å². The maximum atomic E-state index is 11.6. The number of nitrogens with zero attached hydrogens (tertiary/aromatic N) is 1. The molecule has 0 fully saturated rings. The minimum Gasteiger partial charge on any atom is -0.465 e. The van der Waals surface area contributed by atoms with Crippen LogP contribution in [0, 0.1) is 0 Å². The summed E-state index contributed by atoms with van der Waals surface area (Å²) < 4.78 is 6.49. The minimum atomic E-state index is -0.556. The molecule has 0 aliphatic heterocycles. The lowest BCUT2D eigenvalue weighted by Crippen LogP contribution is -2.23. The fourth-order valence-electron chi connectivity index (χ4n) is 1.61.